The zero-order valence-electron chi connectivity index (χ0n) is 13.2. The first-order chi connectivity index (χ1) is 10.0. The highest BCUT2D eigenvalue weighted by molar-refractivity contribution is 5.32. The molecule has 0 spiro atoms. The summed E-state index contributed by atoms with van der Waals surface area (Å²) < 4.78 is 0. The summed E-state index contributed by atoms with van der Waals surface area (Å²) in [4.78, 5) is 17.0. The molecule has 7 nitrogen and oxygen atoms in total. The van der Waals surface area contributed by atoms with E-state index in [9.17, 15) is 5.11 Å². The van der Waals surface area contributed by atoms with E-state index in [1.165, 1.54) is 12.8 Å². The van der Waals surface area contributed by atoms with Crippen molar-refractivity contribution in [3.05, 3.63) is 5.82 Å². The average molecular weight is 294 g/mol. The lowest BCUT2D eigenvalue weighted by Crippen LogP contribution is -2.44. The number of piperidine rings is 1. The van der Waals surface area contributed by atoms with E-state index in [2.05, 4.69) is 26.8 Å². The number of anilines is 2. The van der Waals surface area contributed by atoms with E-state index in [0.29, 0.717) is 30.3 Å². The van der Waals surface area contributed by atoms with E-state index < -0.39 is 0 Å². The van der Waals surface area contributed by atoms with Crippen molar-refractivity contribution in [1.29, 1.82) is 0 Å². The lowest BCUT2D eigenvalue weighted by atomic mass is 9.89. The normalized spacial score (nSPS) is 23.2. The molecule has 1 aromatic rings. The molecule has 2 heterocycles. The number of aliphatic hydroxyl groups excluding tert-OH is 1. The van der Waals surface area contributed by atoms with Gasteiger partial charge in [0.1, 0.15) is 5.82 Å². The topological polar surface area (TPSA) is 91.4 Å². The summed E-state index contributed by atoms with van der Waals surface area (Å²) in [7, 11) is 3.77. The van der Waals surface area contributed by atoms with Gasteiger partial charge in [-0.1, -0.05) is 6.92 Å². The maximum Gasteiger partial charge on any atom is 0.229 e. The summed E-state index contributed by atoms with van der Waals surface area (Å²) in [5.41, 5.74) is 5.78. The number of likely N-dealkylation sites (tertiary alicyclic amines) is 1. The van der Waals surface area contributed by atoms with Crippen molar-refractivity contribution in [2.75, 3.05) is 37.9 Å². The van der Waals surface area contributed by atoms with Gasteiger partial charge < -0.3 is 15.7 Å². The Kier molecular flexibility index (Phi) is 5.30. The molecular formula is C14H26N6O. The first-order valence-electron chi connectivity index (χ1n) is 7.54. The lowest BCUT2D eigenvalue weighted by molar-refractivity contribution is 0.0699. The molecule has 21 heavy (non-hydrogen) atoms. The Hall–Kier alpha value is -1.47. The van der Waals surface area contributed by atoms with Gasteiger partial charge in [0.05, 0.1) is 6.54 Å². The van der Waals surface area contributed by atoms with Crippen LogP contribution in [0.25, 0.3) is 0 Å². The van der Waals surface area contributed by atoms with Crippen LogP contribution in [0.2, 0.25) is 0 Å². The quantitative estimate of drug-likeness (QED) is 0.817. The molecule has 118 valence electrons. The van der Waals surface area contributed by atoms with E-state index in [1.807, 2.05) is 19.0 Å². The molecule has 0 bridgehead atoms. The predicted octanol–water partition coefficient (Wildman–Crippen LogP) is 0.503. The van der Waals surface area contributed by atoms with Crippen LogP contribution in [0.4, 0.5) is 11.9 Å². The maximum absolute atomic E-state index is 9.29. The van der Waals surface area contributed by atoms with Gasteiger partial charge in [-0.25, -0.2) is 0 Å². The van der Waals surface area contributed by atoms with Gasteiger partial charge in [-0.05, 0) is 31.7 Å². The van der Waals surface area contributed by atoms with E-state index in [1.54, 1.807) is 0 Å². The number of hydrogen-bond donors (Lipinski definition) is 2. The third kappa shape index (κ3) is 4.01. The smallest absolute Gasteiger partial charge is 0.229 e. The number of nitrogen functional groups attached to an aromatic ring is 1. The monoisotopic (exact) mass is 294 g/mol. The summed E-state index contributed by atoms with van der Waals surface area (Å²) in [6.45, 7) is 4.13. The molecule has 2 rings (SSSR count). The fourth-order valence-electron chi connectivity index (χ4n) is 3.01. The second-order valence-electron chi connectivity index (χ2n) is 5.97. The van der Waals surface area contributed by atoms with Crippen LogP contribution < -0.4 is 10.6 Å². The van der Waals surface area contributed by atoms with Gasteiger partial charge >= 0.3 is 0 Å². The molecular weight excluding hydrogens is 268 g/mol. The molecule has 0 amide bonds. The molecule has 1 aromatic heterocycles. The Morgan fingerprint density at radius 2 is 2.10 bits per heavy atom. The molecule has 1 aliphatic rings. The molecule has 7 heteroatoms. The first kappa shape index (κ1) is 15.9. The van der Waals surface area contributed by atoms with Crippen molar-refractivity contribution in [2.45, 2.75) is 38.8 Å². The Morgan fingerprint density at radius 1 is 1.33 bits per heavy atom. The van der Waals surface area contributed by atoms with E-state index in [0.717, 1.165) is 13.0 Å². The van der Waals surface area contributed by atoms with Gasteiger partial charge in [0, 0.05) is 26.7 Å². The average Bonchev–Trinajstić information content (AvgIpc) is 2.42. The summed E-state index contributed by atoms with van der Waals surface area (Å²) in [6, 6.07) is 0.379. The van der Waals surface area contributed by atoms with Crippen molar-refractivity contribution < 1.29 is 5.11 Å². The number of hydrogen-bond acceptors (Lipinski definition) is 7. The summed E-state index contributed by atoms with van der Waals surface area (Å²) in [5.74, 6) is 2.12. The number of aromatic nitrogens is 3. The number of rotatable bonds is 5. The van der Waals surface area contributed by atoms with Crippen molar-refractivity contribution in [2.24, 2.45) is 5.92 Å². The van der Waals surface area contributed by atoms with Gasteiger partial charge in [0.2, 0.25) is 11.9 Å². The standard InChI is InChI=1S/C14H26N6O/c1-10-5-4-7-20(11(10)6-8-21)9-12-16-13(15)18-14(17-12)19(2)3/h10-11,21H,4-9H2,1-3H3,(H2,15,16,17,18). The van der Waals surface area contributed by atoms with Crippen LogP contribution in [0.5, 0.6) is 0 Å². The number of nitrogens with zero attached hydrogens (tertiary/aromatic N) is 5. The van der Waals surface area contributed by atoms with Crippen LogP contribution in [0.3, 0.4) is 0 Å². The predicted molar refractivity (Wildman–Crippen MR) is 82.9 cm³/mol. The maximum atomic E-state index is 9.29. The molecule has 2 atom stereocenters. The molecule has 0 saturated carbocycles. The van der Waals surface area contributed by atoms with Gasteiger partial charge in [0.25, 0.3) is 0 Å². The minimum atomic E-state index is 0.216. The van der Waals surface area contributed by atoms with Crippen LogP contribution in [-0.4, -0.2) is 58.2 Å². The third-order valence-electron chi connectivity index (χ3n) is 4.09. The molecule has 0 aromatic carbocycles. The number of nitrogens with two attached hydrogens (primary N) is 1. The van der Waals surface area contributed by atoms with Gasteiger partial charge in [-0.15, -0.1) is 0 Å². The molecule has 1 aliphatic heterocycles. The minimum Gasteiger partial charge on any atom is -0.396 e. The van der Waals surface area contributed by atoms with Crippen LogP contribution in [0, 0.1) is 5.92 Å². The Bertz CT molecular complexity index is 467. The van der Waals surface area contributed by atoms with Gasteiger partial charge in [0.15, 0.2) is 0 Å². The molecule has 0 aliphatic carbocycles. The Labute approximate surface area is 126 Å². The minimum absolute atomic E-state index is 0.216. The molecule has 3 N–H and O–H groups in total. The Balaban J connectivity index is 2.15. The Morgan fingerprint density at radius 3 is 2.76 bits per heavy atom. The highest BCUT2D eigenvalue weighted by Gasteiger charge is 2.28. The van der Waals surface area contributed by atoms with E-state index in [4.69, 9.17) is 5.73 Å². The second kappa shape index (κ2) is 7.00. The zero-order chi connectivity index (χ0) is 15.4. The van der Waals surface area contributed by atoms with E-state index >= 15 is 0 Å². The second-order valence-corrected chi connectivity index (χ2v) is 5.97. The molecule has 1 saturated heterocycles. The van der Waals surface area contributed by atoms with Crippen LogP contribution in [-0.2, 0) is 6.54 Å². The van der Waals surface area contributed by atoms with Gasteiger partial charge in [-0.2, -0.15) is 15.0 Å². The van der Waals surface area contributed by atoms with Crippen LogP contribution in [0.15, 0.2) is 0 Å². The highest BCUT2D eigenvalue weighted by Crippen LogP contribution is 2.26. The van der Waals surface area contributed by atoms with Crippen LogP contribution in [0.1, 0.15) is 32.0 Å². The number of aliphatic hydroxyl groups is 1. The first-order valence-corrected chi connectivity index (χ1v) is 7.54. The van der Waals surface area contributed by atoms with Crippen molar-refractivity contribution >= 4 is 11.9 Å². The zero-order valence-corrected chi connectivity index (χ0v) is 13.2. The van der Waals surface area contributed by atoms with Crippen molar-refractivity contribution in [3.63, 3.8) is 0 Å². The molecule has 0 radical (unpaired) electrons. The van der Waals surface area contributed by atoms with Crippen LogP contribution >= 0.6 is 0 Å². The lowest BCUT2D eigenvalue weighted by Gasteiger charge is -2.39. The summed E-state index contributed by atoms with van der Waals surface area (Å²) in [6.07, 6.45) is 3.18. The summed E-state index contributed by atoms with van der Waals surface area (Å²) in [5, 5.41) is 9.29. The van der Waals surface area contributed by atoms with E-state index in [-0.39, 0.29) is 12.6 Å². The highest BCUT2D eigenvalue weighted by atomic mass is 16.3. The SMILES string of the molecule is CC1CCCN(Cc2nc(N)nc(N(C)C)n2)C1CCO. The van der Waals surface area contributed by atoms with Crippen molar-refractivity contribution in [3.8, 4) is 0 Å². The van der Waals surface area contributed by atoms with Crippen molar-refractivity contribution in [1.82, 2.24) is 19.9 Å². The molecule has 2 unspecified atom stereocenters. The fourth-order valence-corrected chi connectivity index (χ4v) is 3.01. The van der Waals surface area contributed by atoms with Gasteiger partial charge in [-0.3, -0.25) is 4.90 Å². The summed E-state index contributed by atoms with van der Waals surface area (Å²) >= 11 is 0. The fraction of sp³-hybridized carbons (Fsp3) is 0.786. The largest absolute Gasteiger partial charge is 0.396 e. The third-order valence-corrected chi connectivity index (χ3v) is 4.09. The molecule has 1 fully saturated rings.